The molecule has 0 radical (unpaired) electrons. The van der Waals surface area contributed by atoms with Crippen LogP contribution < -0.4 is 9.47 Å². The molecule has 2 aromatic rings. The summed E-state index contributed by atoms with van der Waals surface area (Å²) in [7, 11) is 0. The van der Waals surface area contributed by atoms with Crippen LogP contribution in [0, 0.1) is 17.7 Å². The molecule has 2 atom stereocenters. The maximum atomic E-state index is 14.0. The largest absolute Gasteiger partial charge is 0.494 e. The zero-order chi connectivity index (χ0) is 19.1. The zero-order valence-corrected chi connectivity index (χ0v) is 15.4. The summed E-state index contributed by atoms with van der Waals surface area (Å²) in [6.45, 7) is 6.80. The quantitative estimate of drug-likeness (QED) is 0.753. The highest BCUT2D eigenvalue weighted by Gasteiger charge is 2.43. The average Bonchev–Trinajstić information content (AvgIpc) is 3.44. The van der Waals surface area contributed by atoms with E-state index in [-0.39, 0.29) is 17.7 Å². The lowest BCUT2D eigenvalue weighted by molar-refractivity contribution is -0.138. The van der Waals surface area contributed by atoms with E-state index in [9.17, 15) is 9.18 Å². The molecule has 26 heavy (non-hydrogen) atoms. The fraction of sp³-hybridized carbons (Fsp3) is 0.381. The summed E-state index contributed by atoms with van der Waals surface area (Å²) < 4.78 is 25.1. The molecule has 0 amide bonds. The second kappa shape index (κ2) is 9.22. The Balaban J connectivity index is 0.00000117. The van der Waals surface area contributed by atoms with Gasteiger partial charge in [-0.05, 0) is 49.2 Å². The third-order valence-electron chi connectivity index (χ3n) is 4.12. The maximum absolute atomic E-state index is 14.0. The van der Waals surface area contributed by atoms with E-state index in [2.05, 4.69) is 0 Å². The van der Waals surface area contributed by atoms with Gasteiger partial charge in [0.1, 0.15) is 17.3 Å². The highest BCUT2D eigenvalue weighted by atomic mass is 19.1. The number of hydrogen-bond acceptors (Lipinski definition) is 3. The topological polar surface area (TPSA) is 55.8 Å². The van der Waals surface area contributed by atoms with E-state index in [0.29, 0.717) is 36.7 Å². The Morgan fingerprint density at radius 3 is 2.35 bits per heavy atom. The third kappa shape index (κ3) is 4.97. The van der Waals surface area contributed by atoms with Gasteiger partial charge in [-0.1, -0.05) is 26.0 Å². The van der Waals surface area contributed by atoms with Crippen molar-refractivity contribution in [3.8, 4) is 22.6 Å². The molecule has 2 unspecified atom stereocenters. The Morgan fingerprint density at radius 2 is 1.77 bits per heavy atom. The predicted molar refractivity (Wildman–Crippen MR) is 99.1 cm³/mol. The number of ether oxygens (including phenoxy) is 2. The van der Waals surface area contributed by atoms with E-state index >= 15 is 0 Å². The molecule has 0 bridgehead atoms. The number of carboxylic acid groups (broad SMARTS) is 1. The predicted octanol–water partition coefficient (Wildman–Crippen LogP) is 5.02. The van der Waals surface area contributed by atoms with Crippen molar-refractivity contribution in [3.05, 3.63) is 48.3 Å². The Hall–Kier alpha value is -2.56. The number of halogens is 1. The molecule has 0 heterocycles. The van der Waals surface area contributed by atoms with Crippen LogP contribution in [0.15, 0.2) is 42.5 Å². The molecule has 1 fully saturated rings. The molecule has 0 aliphatic heterocycles. The van der Waals surface area contributed by atoms with E-state index in [1.54, 1.807) is 36.4 Å². The monoisotopic (exact) mass is 360 g/mol. The smallest absolute Gasteiger partial charge is 0.306 e. The van der Waals surface area contributed by atoms with E-state index in [1.807, 2.05) is 20.8 Å². The molecule has 1 saturated carbocycles. The van der Waals surface area contributed by atoms with Gasteiger partial charge in [-0.3, -0.25) is 4.79 Å². The second-order valence-corrected chi connectivity index (χ2v) is 5.85. The number of benzene rings is 2. The first-order chi connectivity index (χ1) is 12.6. The molecule has 1 N–H and O–H groups in total. The SMILES string of the molecule is CC.CCOc1ccc(F)c(-c2ccc(OCC3CC3C(=O)O)cc2)c1. The molecule has 3 rings (SSSR count). The minimum Gasteiger partial charge on any atom is -0.494 e. The summed E-state index contributed by atoms with van der Waals surface area (Å²) in [6, 6.07) is 11.8. The van der Waals surface area contributed by atoms with Crippen molar-refractivity contribution in [2.45, 2.75) is 27.2 Å². The van der Waals surface area contributed by atoms with Crippen LogP contribution in [0.1, 0.15) is 27.2 Å². The van der Waals surface area contributed by atoms with Gasteiger partial charge >= 0.3 is 5.97 Å². The van der Waals surface area contributed by atoms with E-state index in [1.165, 1.54) is 6.07 Å². The van der Waals surface area contributed by atoms with E-state index in [0.717, 1.165) is 5.56 Å². The molecular weight excluding hydrogens is 335 g/mol. The number of carboxylic acids is 1. The fourth-order valence-corrected chi connectivity index (χ4v) is 2.65. The van der Waals surface area contributed by atoms with Crippen molar-refractivity contribution < 1.29 is 23.8 Å². The van der Waals surface area contributed by atoms with E-state index in [4.69, 9.17) is 14.6 Å². The highest BCUT2D eigenvalue weighted by molar-refractivity contribution is 5.73. The van der Waals surface area contributed by atoms with Gasteiger partial charge in [0.05, 0.1) is 19.1 Å². The van der Waals surface area contributed by atoms with Crippen molar-refractivity contribution in [3.63, 3.8) is 0 Å². The third-order valence-corrected chi connectivity index (χ3v) is 4.12. The minimum absolute atomic E-state index is 0.0856. The van der Waals surface area contributed by atoms with Gasteiger partial charge in [-0.15, -0.1) is 0 Å². The number of rotatable bonds is 7. The summed E-state index contributed by atoms with van der Waals surface area (Å²) in [5.74, 6) is 0.0130. The van der Waals surface area contributed by atoms with Gasteiger partial charge in [0.25, 0.3) is 0 Å². The van der Waals surface area contributed by atoms with Crippen molar-refractivity contribution in [1.29, 1.82) is 0 Å². The lowest BCUT2D eigenvalue weighted by atomic mass is 10.0. The Morgan fingerprint density at radius 1 is 1.12 bits per heavy atom. The molecule has 4 nitrogen and oxygen atoms in total. The van der Waals surface area contributed by atoms with Crippen molar-refractivity contribution in [1.82, 2.24) is 0 Å². The van der Waals surface area contributed by atoms with Crippen molar-refractivity contribution in [2.75, 3.05) is 13.2 Å². The first-order valence-corrected chi connectivity index (χ1v) is 8.97. The lowest BCUT2D eigenvalue weighted by Crippen LogP contribution is -2.06. The molecule has 2 aromatic carbocycles. The first kappa shape index (κ1) is 19.8. The first-order valence-electron chi connectivity index (χ1n) is 8.97. The Kier molecular flexibility index (Phi) is 7.01. The minimum atomic E-state index is -0.761. The van der Waals surface area contributed by atoms with Crippen molar-refractivity contribution >= 4 is 5.97 Å². The molecule has 0 aromatic heterocycles. The van der Waals surface area contributed by atoms with Gasteiger partial charge in [-0.2, -0.15) is 0 Å². The standard InChI is InChI=1S/C19H19FO4.C2H6/c1-2-23-15-7-8-18(20)16(10-15)12-3-5-14(6-4-12)24-11-13-9-17(13)19(21)22;1-2/h3-8,10,13,17H,2,9,11H2,1H3,(H,21,22);1-2H3. The summed E-state index contributed by atoms with van der Waals surface area (Å²) >= 11 is 0. The van der Waals surface area contributed by atoms with Crippen molar-refractivity contribution in [2.24, 2.45) is 11.8 Å². The molecule has 1 aliphatic rings. The molecular formula is C21H25FO4. The second-order valence-electron chi connectivity index (χ2n) is 5.85. The van der Waals surface area contributed by atoms with Gasteiger partial charge in [0.2, 0.25) is 0 Å². The van der Waals surface area contributed by atoms with Crippen LogP contribution in [0.2, 0.25) is 0 Å². The van der Waals surface area contributed by atoms with Gasteiger partial charge < -0.3 is 14.6 Å². The van der Waals surface area contributed by atoms with E-state index < -0.39 is 5.97 Å². The highest BCUT2D eigenvalue weighted by Crippen LogP contribution is 2.39. The number of aliphatic carboxylic acids is 1. The van der Waals surface area contributed by atoms with Gasteiger partial charge in [-0.25, -0.2) is 4.39 Å². The van der Waals surface area contributed by atoms with Crippen LogP contribution >= 0.6 is 0 Å². The lowest BCUT2D eigenvalue weighted by Gasteiger charge is -2.09. The summed E-state index contributed by atoms with van der Waals surface area (Å²) in [4.78, 5) is 10.8. The van der Waals surface area contributed by atoms with Crippen LogP contribution in [-0.2, 0) is 4.79 Å². The maximum Gasteiger partial charge on any atom is 0.306 e. The fourth-order valence-electron chi connectivity index (χ4n) is 2.65. The van der Waals surface area contributed by atoms with Gasteiger partial charge in [0, 0.05) is 11.5 Å². The van der Waals surface area contributed by atoms with Gasteiger partial charge in [0.15, 0.2) is 0 Å². The van der Waals surface area contributed by atoms with Crippen LogP contribution in [-0.4, -0.2) is 24.3 Å². The molecule has 1 aliphatic carbocycles. The normalized spacial score (nSPS) is 17.7. The van der Waals surface area contributed by atoms with Crippen LogP contribution in [0.25, 0.3) is 11.1 Å². The number of hydrogen-bond donors (Lipinski definition) is 1. The van der Waals surface area contributed by atoms with Crippen LogP contribution in [0.4, 0.5) is 4.39 Å². The average molecular weight is 360 g/mol. The Bertz CT molecular complexity index is 727. The number of carbonyl (C=O) groups is 1. The molecule has 140 valence electrons. The van der Waals surface area contributed by atoms with Crippen LogP contribution in [0.5, 0.6) is 11.5 Å². The van der Waals surface area contributed by atoms with Crippen LogP contribution in [0.3, 0.4) is 0 Å². The summed E-state index contributed by atoms with van der Waals surface area (Å²) in [6.07, 6.45) is 0.669. The summed E-state index contributed by atoms with van der Waals surface area (Å²) in [5, 5.41) is 8.87. The molecule has 0 saturated heterocycles. The molecule has 0 spiro atoms. The zero-order valence-electron chi connectivity index (χ0n) is 15.4. The Labute approximate surface area is 153 Å². The summed E-state index contributed by atoms with van der Waals surface area (Å²) in [5.41, 5.74) is 1.21. The molecule has 5 heteroatoms.